The van der Waals surface area contributed by atoms with Crippen LogP contribution >= 0.6 is 15.9 Å². The number of hydrogen-bond donors (Lipinski definition) is 1. The number of nitrogens with zero attached hydrogens (tertiary/aromatic N) is 1. The van der Waals surface area contributed by atoms with E-state index in [0.717, 1.165) is 36.7 Å². The highest BCUT2D eigenvalue weighted by Crippen LogP contribution is 2.14. The van der Waals surface area contributed by atoms with Gasteiger partial charge in [0.2, 0.25) is 5.91 Å². The SMILES string of the molecule is O=C(CCCc1ccc(Br)cc1)N1CCCC(O)C1. The Morgan fingerprint density at radius 3 is 2.79 bits per heavy atom. The zero-order valence-electron chi connectivity index (χ0n) is 11.0. The zero-order chi connectivity index (χ0) is 13.7. The third kappa shape index (κ3) is 4.62. The fourth-order valence-electron chi connectivity index (χ4n) is 2.43. The summed E-state index contributed by atoms with van der Waals surface area (Å²) in [5.41, 5.74) is 1.26. The number of likely N-dealkylation sites (tertiary alicyclic amines) is 1. The van der Waals surface area contributed by atoms with Crippen molar-refractivity contribution in [1.29, 1.82) is 0 Å². The minimum atomic E-state index is -0.329. The molecular formula is C15H20BrNO2. The lowest BCUT2D eigenvalue weighted by Crippen LogP contribution is -2.42. The molecular weight excluding hydrogens is 306 g/mol. The Morgan fingerprint density at radius 2 is 2.11 bits per heavy atom. The third-order valence-corrected chi connectivity index (χ3v) is 4.05. The van der Waals surface area contributed by atoms with E-state index < -0.39 is 0 Å². The van der Waals surface area contributed by atoms with Crippen molar-refractivity contribution in [1.82, 2.24) is 4.90 Å². The van der Waals surface area contributed by atoms with E-state index in [9.17, 15) is 9.90 Å². The smallest absolute Gasteiger partial charge is 0.222 e. The Bertz CT molecular complexity index is 419. The number of piperidine rings is 1. The molecule has 0 saturated carbocycles. The maximum Gasteiger partial charge on any atom is 0.222 e. The van der Waals surface area contributed by atoms with Gasteiger partial charge < -0.3 is 10.0 Å². The van der Waals surface area contributed by atoms with Crippen molar-refractivity contribution in [3.8, 4) is 0 Å². The lowest BCUT2D eigenvalue weighted by Gasteiger charge is -2.30. The monoisotopic (exact) mass is 325 g/mol. The van der Waals surface area contributed by atoms with Gasteiger partial charge in [0.15, 0.2) is 0 Å². The number of aryl methyl sites for hydroxylation is 1. The van der Waals surface area contributed by atoms with E-state index in [1.165, 1.54) is 5.56 Å². The van der Waals surface area contributed by atoms with Gasteiger partial charge in [0, 0.05) is 24.0 Å². The number of hydrogen-bond acceptors (Lipinski definition) is 2. The van der Waals surface area contributed by atoms with Crippen LogP contribution in [-0.2, 0) is 11.2 Å². The molecule has 0 bridgehead atoms. The van der Waals surface area contributed by atoms with Gasteiger partial charge in [-0.05, 0) is 43.4 Å². The zero-order valence-corrected chi connectivity index (χ0v) is 12.6. The van der Waals surface area contributed by atoms with E-state index in [1.807, 2.05) is 12.1 Å². The van der Waals surface area contributed by atoms with Gasteiger partial charge in [-0.1, -0.05) is 28.1 Å². The summed E-state index contributed by atoms with van der Waals surface area (Å²) in [6.45, 7) is 1.31. The van der Waals surface area contributed by atoms with Crippen LogP contribution in [-0.4, -0.2) is 35.1 Å². The molecule has 1 N–H and O–H groups in total. The number of rotatable bonds is 4. The molecule has 104 valence electrons. The molecule has 1 aliphatic rings. The van der Waals surface area contributed by atoms with Crippen LogP contribution in [0, 0.1) is 0 Å². The molecule has 1 unspecified atom stereocenters. The molecule has 1 fully saturated rings. The molecule has 2 rings (SSSR count). The van der Waals surface area contributed by atoms with Crippen molar-refractivity contribution in [2.45, 2.75) is 38.2 Å². The van der Waals surface area contributed by atoms with Gasteiger partial charge in [-0.3, -0.25) is 4.79 Å². The Kier molecular flexibility index (Phi) is 5.40. The minimum absolute atomic E-state index is 0.177. The molecule has 4 heteroatoms. The summed E-state index contributed by atoms with van der Waals surface area (Å²) < 4.78 is 1.08. The summed E-state index contributed by atoms with van der Waals surface area (Å²) in [7, 11) is 0. The standard InChI is InChI=1S/C15H20BrNO2/c16-13-8-6-12(7-9-13)3-1-5-15(19)17-10-2-4-14(18)11-17/h6-9,14,18H,1-5,10-11H2. The molecule has 1 amide bonds. The summed E-state index contributed by atoms with van der Waals surface area (Å²) in [5, 5.41) is 9.56. The van der Waals surface area contributed by atoms with E-state index in [2.05, 4.69) is 28.1 Å². The average molecular weight is 326 g/mol. The van der Waals surface area contributed by atoms with Crippen LogP contribution in [0.25, 0.3) is 0 Å². The Balaban J connectivity index is 1.73. The fourth-order valence-corrected chi connectivity index (χ4v) is 2.70. The average Bonchev–Trinajstić information content (AvgIpc) is 2.41. The summed E-state index contributed by atoms with van der Waals surface area (Å²) in [6.07, 6.45) is 3.78. The second kappa shape index (κ2) is 7.06. The first-order chi connectivity index (χ1) is 9.15. The van der Waals surface area contributed by atoms with Gasteiger partial charge in [0.1, 0.15) is 0 Å². The molecule has 19 heavy (non-hydrogen) atoms. The Hall–Kier alpha value is -0.870. The summed E-state index contributed by atoms with van der Waals surface area (Å²) in [6, 6.07) is 8.22. The van der Waals surface area contributed by atoms with Gasteiger partial charge in [-0.2, -0.15) is 0 Å². The van der Waals surface area contributed by atoms with E-state index in [-0.39, 0.29) is 12.0 Å². The molecule has 3 nitrogen and oxygen atoms in total. The van der Waals surface area contributed by atoms with Crippen molar-refractivity contribution in [3.05, 3.63) is 34.3 Å². The maximum absolute atomic E-state index is 12.0. The van der Waals surface area contributed by atoms with Gasteiger partial charge in [0.25, 0.3) is 0 Å². The maximum atomic E-state index is 12.0. The number of aliphatic hydroxyl groups excluding tert-OH is 1. The highest BCUT2D eigenvalue weighted by molar-refractivity contribution is 9.10. The topological polar surface area (TPSA) is 40.5 Å². The van der Waals surface area contributed by atoms with Gasteiger partial charge in [-0.25, -0.2) is 0 Å². The van der Waals surface area contributed by atoms with Crippen LogP contribution in [0.2, 0.25) is 0 Å². The first-order valence-electron chi connectivity index (χ1n) is 6.85. The lowest BCUT2D eigenvalue weighted by molar-refractivity contribution is -0.134. The third-order valence-electron chi connectivity index (χ3n) is 3.52. The van der Waals surface area contributed by atoms with E-state index in [0.29, 0.717) is 13.0 Å². The number of benzene rings is 1. The van der Waals surface area contributed by atoms with Crippen LogP contribution < -0.4 is 0 Å². The van der Waals surface area contributed by atoms with Crippen LogP contribution in [0.5, 0.6) is 0 Å². The molecule has 1 aliphatic heterocycles. The lowest BCUT2D eigenvalue weighted by atomic mass is 10.1. The highest BCUT2D eigenvalue weighted by atomic mass is 79.9. The van der Waals surface area contributed by atoms with Crippen molar-refractivity contribution in [2.24, 2.45) is 0 Å². The van der Waals surface area contributed by atoms with E-state index in [1.54, 1.807) is 4.90 Å². The fraction of sp³-hybridized carbons (Fsp3) is 0.533. The second-order valence-electron chi connectivity index (χ2n) is 5.12. The number of β-amino-alcohol motifs (C(OH)–C–C–N with tert-alkyl or cyclic N) is 1. The van der Waals surface area contributed by atoms with Crippen LogP contribution in [0.1, 0.15) is 31.2 Å². The van der Waals surface area contributed by atoms with Gasteiger partial charge in [-0.15, -0.1) is 0 Å². The van der Waals surface area contributed by atoms with Crippen molar-refractivity contribution >= 4 is 21.8 Å². The van der Waals surface area contributed by atoms with Crippen molar-refractivity contribution in [2.75, 3.05) is 13.1 Å². The number of carbonyl (C=O) groups is 1. The predicted molar refractivity (Wildman–Crippen MR) is 78.9 cm³/mol. The van der Waals surface area contributed by atoms with Crippen molar-refractivity contribution < 1.29 is 9.90 Å². The molecule has 1 aromatic rings. The largest absolute Gasteiger partial charge is 0.391 e. The number of amides is 1. The molecule has 0 aromatic heterocycles. The molecule has 1 saturated heterocycles. The summed E-state index contributed by atoms with van der Waals surface area (Å²) in [5.74, 6) is 0.177. The first kappa shape index (κ1) is 14.5. The first-order valence-corrected chi connectivity index (χ1v) is 7.65. The molecule has 1 heterocycles. The molecule has 1 atom stereocenters. The molecule has 0 spiro atoms. The van der Waals surface area contributed by atoms with Crippen molar-refractivity contribution in [3.63, 3.8) is 0 Å². The Labute approximate surface area is 122 Å². The van der Waals surface area contributed by atoms with Gasteiger partial charge in [0.05, 0.1) is 6.10 Å². The second-order valence-corrected chi connectivity index (χ2v) is 6.03. The molecule has 0 radical (unpaired) electrons. The number of carbonyl (C=O) groups excluding carboxylic acids is 1. The quantitative estimate of drug-likeness (QED) is 0.924. The number of halogens is 1. The van der Waals surface area contributed by atoms with Crippen LogP contribution in [0.15, 0.2) is 28.7 Å². The van der Waals surface area contributed by atoms with E-state index >= 15 is 0 Å². The van der Waals surface area contributed by atoms with Gasteiger partial charge >= 0.3 is 0 Å². The van der Waals surface area contributed by atoms with E-state index in [4.69, 9.17) is 0 Å². The number of aliphatic hydroxyl groups is 1. The predicted octanol–water partition coefficient (Wildman–Crippen LogP) is 2.76. The van der Waals surface area contributed by atoms with Crippen LogP contribution in [0.3, 0.4) is 0 Å². The Morgan fingerprint density at radius 1 is 1.37 bits per heavy atom. The van der Waals surface area contributed by atoms with Crippen LogP contribution in [0.4, 0.5) is 0 Å². The summed E-state index contributed by atoms with van der Waals surface area (Å²) >= 11 is 3.41. The normalized spacial score (nSPS) is 19.5. The highest BCUT2D eigenvalue weighted by Gasteiger charge is 2.21. The minimum Gasteiger partial charge on any atom is -0.391 e. The summed E-state index contributed by atoms with van der Waals surface area (Å²) in [4.78, 5) is 13.8. The molecule has 1 aromatic carbocycles. The molecule has 0 aliphatic carbocycles.